The Bertz CT molecular complexity index is 790. The Morgan fingerprint density at radius 1 is 1.28 bits per heavy atom. The fourth-order valence-electron chi connectivity index (χ4n) is 4.06. The molecule has 1 atom stereocenters. The van der Waals surface area contributed by atoms with Crippen LogP contribution in [-0.4, -0.2) is 104 Å². The van der Waals surface area contributed by atoms with Crippen molar-refractivity contribution in [2.45, 2.75) is 36.4 Å². The number of nitrogens with zero attached hydrogens (tertiary/aromatic N) is 5. The number of aryl methyl sites for hydroxylation is 1. The molecule has 29 heavy (non-hydrogen) atoms. The van der Waals surface area contributed by atoms with Crippen LogP contribution >= 0.6 is 0 Å². The summed E-state index contributed by atoms with van der Waals surface area (Å²) in [6.45, 7) is 3.71. The Hall–Kier alpha value is -1.69. The van der Waals surface area contributed by atoms with Crippen LogP contribution in [0.25, 0.3) is 0 Å². The van der Waals surface area contributed by atoms with E-state index in [9.17, 15) is 13.2 Å². The summed E-state index contributed by atoms with van der Waals surface area (Å²) in [5, 5.41) is 0.0289. The van der Waals surface area contributed by atoms with Crippen LogP contribution in [0.4, 0.5) is 4.79 Å². The van der Waals surface area contributed by atoms with Crippen LogP contribution in [0.15, 0.2) is 17.6 Å². The van der Waals surface area contributed by atoms with Crippen molar-refractivity contribution in [2.24, 2.45) is 7.05 Å². The molecule has 3 heterocycles. The first-order chi connectivity index (χ1) is 13.8. The second-order valence-electron chi connectivity index (χ2n) is 7.92. The number of aromatic nitrogens is 2. The summed E-state index contributed by atoms with van der Waals surface area (Å²) < 4.78 is 34.7. The zero-order chi connectivity index (χ0) is 21.0. The largest absolute Gasteiger partial charge is 0.381 e. The standard InChI is InChI=1S/C18H32N6O4S/c1-21(2)18(25)23-8-4-16(12-23)24(15-5-10-28-11-6-15)9-7-20-29(26,27)17-13-22(3)14-19-17/h13-16,20H,4-12H2,1-3H3. The highest BCUT2D eigenvalue weighted by atomic mass is 32.2. The zero-order valence-electron chi connectivity index (χ0n) is 17.5. The fraction of sp³-hybridized carbons (Fsp3) is 0.778. The molecule has 2 fully saturated rings. The number of carbonyl (C=O) groups is 1. The number of hydrogen-bond donors (Lipinski definition) is 1. The number of nitrogens with one attached hydrogen (secondary N) is 1. The van der Waals surface area contributed by atoms with Crippen molar-refractivity contribution in [1.82, 2.24) is 29.0 Å². The molecule has 1 aromatic heterocycles. The maximum atomic E-state index is 12.5. The molecule has 0 bridgehead atoms. The van der Waals surface area contributed by atoms with E-state index >= 15 is 0 Å². The number of urea groups is 1. The first kappa shape index (κ1) is 22.0. The summed E-state index contributed by atoms with van der Waals surface area (Å²) in [7, 11) is 1.63. The third-order valence-corrected chi connectivity index (χ3v) is 6.91. The molecular formula is C18H32N6O4S. The lowest BCUT2D eigenvalue weighted by Crippen LogP contribution is -2.50. The number of sulfonamides is 1. The van der Waals surface area contributed by atoms with Gasteiger partial charge in [0.05, 0.1) is 6.33 Å². The number of imidazole rings is 1. The van der Waals surface area contributed by atoms with Gasteiger partial charge < -0.3 is 19.1 Å². The van der Waals surface area contributed by atoms with Crippen molar-refractivity contribution in [1.29, 1.82) is 0 Å². The highest BCUT2D eigenvalue weighted by molar-refractivity contribution is 7.89. The summed E-state index contributed by atoms with van der Waals surface area (Å²) in [4.78, 5) is 22.1. The molecule has 2 amide bonds. The van der Waals surface area contributed by atoms with Gasteiger partial charge in [-0.25, -0.2) is 22.9 Å². The maximum Gasteiger partial charge on any atom is 0.319 e. The van der Waals surface area contributed by atoms with Gasteiger partial charge in [0.25, 0.3) is 10.0 Å². The third-order valence-electron chi connectivity index (χ3n) is 5.56. The highest BCUT2D eigenvalue weighted by Gasteiger charge is 2.35. The first-order valence-electron chi connectivity index (χ1n) is 10.1. The molecule has 2 aliphatic heterocycles. The molecule has 1 aromatic rings. The van der Waals surface area contributed by atoms with E-state index in [4.69, 9.17) is 4.74 Å². The summed E-state index contributed by atoms with van der Waals surface area (Å²) in [5.41, 5.74) is 0. The van der Waals surface area contributed by atoms with Gasteiger partial charge in [-0.1, -0.05) is 0 Å². The second kappa shape index (κ2) is 9.41. The van der Waals surface area contributed by atoms with Crippen molar-refractivity contribution >= 4 is 16.1 Å². The molecule has 0 saturated carbocycles. The van der Waals surface area contributed by atoms with Gasteiger partial charge in [0.15, 0.2) is 5.03 Å². The molecular weight excluding hydrogens is 396 g/mol. The summed E-state index contributed by atoms with van der Waals surface area (Å²) >= 11 is 0. The van der Waals surface area contributed by atoms with Crippen LogP contribution in [0.3, 0.4) is 0 Å². The van der Waals surface area contributed by atoms with E-state index < -0.39 is 10.0 Å². The van der Waals surface area contributed by atoms with E-state index in [2.05, 4.69) is 14.6 Å². The van der Waals surface area contributed by atoms with Crippen LogP contribution in [0.2, 0.25) is 0 Å². The number of likely N-dealkylation sites (tertiary alicyclic amines) is 1. The molecule has 164 valence electrons. The van der Waals surface area contributed by atoms with Crippen LogP contribution in [0.5, 0.6) is 0 Å². The van der Waals surface area contributed by atoms with E-state index in [1.807, 2.05) is 4.90 Å². The topological polar surface area (TPSA) is 100 Å². The minimum Gasteiger partial charge on any atom is -0.381 e. The number of ether oxygens (including phenoxy) is 1. The van der Waals surface area contributed by atoms with E-state index in [1.165, 1.54) is 12.5 Å². The maximum absolute atomic E-state index is 12.5. The van der Waals surface area contributed by atoms with Crippen LogP contribution in [0, 0.1) is 0 Å². The van der Waals surface area contributed by atoms with Crippen molar-refractivity contribution in [3.63, 3.8) is 0 Å². The van der Waals surface area contributed by atoms with Gasteiger partial charge in [-0.15, -0.1) is 0 Å². The number of carbonyl (C=O) groups excluding carboxylic acids is 1. The minimum absolute atomic E-state index is 0.0234. The summed E-state index contributed by atoms with van der Waals surface area (Å²) in [6.07, 6.45) is 5.69. The Labute approximate surface area is 172 Å². The normalized spacial score (nSPS) is 21.1. The molecule has 0 spiro atoms. The molecule has 10 nitrogen and oxygen atoms in total. The van der Waals surface area contributed by atoms with Crippen molar-refractivity contribution in [2.75, 3.05) is 53.5 Å². The van der Waals surface area contributed by atoms with Gasteiger partial charge in [0, 0.05) is 78.8 Å². The number of rotatable bonds is 7. The lowest BCUT2D eigenvalue weighted by Gasteiger charge is -2.38. The third kappa shape index (κ3) is 5.47. The van der Waals surface area contributed by atoms with Crippen molar-refractivity contribution in [3.8, 4) is 0 Å². The van der Waals surface area contributed by atoms with Crippen LogP contribution in [-0.2, 0) is 21.8 Å². The molecule has 11 heteroatoms. The Kier molecular flexibility index (Phi) is 7.14. The van der Waals surface area contributed by atoms with Crippen LogP contribution < -0.4 is 4.72 Å². The lowest BCUT2D eigenvalue weighted by atomic mass is 10.0. The van der Waals surface area contributed by atoms with Gasteiger partial charge in [0.1, 0.15) is 0 Å². The molecule has 0 aliphatic carbocycles. The van der Waals surface area contributed by atoms with Gasteiger partial charge in [-0.2, -0.15) is 0 Å². The molecule has 0 aromatic carbocycles. The van der Waals surface area contributed by atoms with E-state index in [0.717, 1.165) is 25.8 Å². The summed E-state index contributed by atoms with van der Waals surface area (Å²) in [6, 6.07) is 0.583. The molecule has 2 aliphatic rings. The van der Waals surface area contributed by atoms with Gasteiger partial charge in [-0.05, 0) is 19.3 Å². The average Bonchev–Trinajstić information content (AvgIpc) is 3.35. The number of hydrogen-bond acceptors (Lipinski definition) is 6. The van der Waals surface area contributed by atoms with Crippen molar-refractivity contribution < 1.29 is 17.9 Å². The van der Waals surface area contributed by atoms with Gasteiger partial charge >= 0.3 is 6.03 Å². The van der Waals surface area contributed by atoms with E-state index in [0.29, 0.717) is 38.9 Å². The molecule has 1 unspecified atom stereocenters. The second-order valence-corrected chi connectivity index (χ2v) is 9.64. The smallest absolute Gasteiger partial charge is 0.319 e. The SMILES string of the molecule is CN(C)C(=O)N1CCC(N(CCNS(=O)(=O)c2cn(C)cn2)C2CCOCC2)C1. The molecule has 0 radical (unpaired) electrons. The predicted molar refractivity (Wildman–Crippen MR) is 108 cm³/mol. The average molecular weight is 429 g/mol. The fourth-order valence-corrected chi connectivity index (χ4v) is 5.06. The van der Waals surface area contributed by atoms with Crippen LogP contribution in [0.1, 0.15) is 19.3 Å². The minimum atomic E-state index is -3.63. The summed E-state index contributed by atoms with van der Waals surface area (Å²) in [5.74, 6) is 0. The van der Waals surface area contributed by atoms with Gasteiger partial charge in [0.2, 0.25) is 0 Å². The van der Waals surface area contributed by atoms with Gasteiger partial charge in [-0.3, -0.25) is 4.90 Å². The highest BCUT2D eigenvalue weighted by Crippen LogP contribution is 2.23. The van der Waals surface area contributed by atoms with E-state index in [1.54, 1.807) is 30.6 Å². The first-order valence-corrected chi connectivity index (χ1v) is 11.5. The monoisotopic (exact) mass is 428 g/mol. The Balaban J connectivity index is 1.63. The zero-order valence-corrected chi connectivity index (χ0v) is 18.3. The van der Waals surface area contributed by atoms with E-state index in [-0.39, 0.29) is 17.1 Å². The van der Waals surface area contributed by atoms with Crippen molar-refractivity contribution in [3.05, 3.63) is 12.5 Å². The number of amides is 2. The predicted octanol–water partition coefficient (Wildman–Crippen LogP) is -0.0647. The molecule has 1 N–H and O–H groups in total. The molecule has 2 saturated heterocycles. The molecule has 3 rings (SSSR count). The quantitative estimate of drug-likeness (QED) is 0.653. The Morgan fingerprint density at radius 3 is 2.62 bits per heavy atom. The Morgan fingerprint density at radius 2 is 2.00 bits per heavy atom. The lowest BCUT2D eigenvalue weighted by molar-refractivity contribution is 0.0193.